The number of hydrogen-bond donors (Lipinski definition) is 0. The van der Waals surface area contributed by atoms with Gasteiger partial charge in [-0.25, -0.2) is 4.39 Å². The van der Waals surface area contributed by atoms with Crippen LogP contribution in [0.4, 0.5) is 4.39 Å². The van der Waals surface area contributed by atoms with Gasteiger partial charge in [-0.15, -0.1) is 0 Å². The molecule has 2 nitrogen and oxygen atoms in total. The van der Waals surface area contributed by atoms with E-state index in [2.05, 4.69) is 11.0 Å². The second-order valence-corrected chi connectivity index (χ2v) is 3.85. The molecule has 0 aliphatic carbocycles. The molecule has 0 atom stereocenters. The van der Waals surface area contributed by atoms with Crippen molar-refractivity contribution in [3.8, 4) is 0 Å². The van der Waals surface area contributed by atoms with Crippen LogP contribution in [0.1, 0.15) is 12.8 Å². The Hall–Kier alpha value is -0.670. The highest BCUT2D eigenvalue weighted by Crippen LogP contribution is 2.14. The molecule has 0 saturated heterocycles. The van der Waals surface area contributed by atoms with Gasteiger partial charge < -0.3 is 4.74 Å². The summed E-state index contributed by atoms with van der Waals surface area (Å²) < 4.78 is 18.3. The van der Waals surface area contributed by atoms with Crippen molar-refractivity contribution in [3.05, 3.63) is 23.6 Å². The molecule has 0 aromatic carbocycles. The van der Waals surface area contributed by atoms with Crippen molar-refractivity contribution < 1.29 is 9.13 Å². The molecule has 2 aliphatic rings. The van der Waals surface area contributed by atoms with Crippen LogP contribution in [0.25, 0.3) is 0 Å². The van der Waals surface area contributed by atoms with E-state index >= 15 is 0 Å². The second-order valence-electron chi connectivity index (χ2n) is 3.85. The third kappa shape index (κ3) is 2.66. The molecule has 0 spiro atoms. The minimum Gasteiger partial charge on any atom is -0.377 e. The zero-order chi connectivity index (χ0) is 9.80. The van der Waals surface area contributed by atoms with E-state index in [4.69, 9.17) is 4.74 Å². The lowest BCUT2D eigenvalue weighted by atomic mass is 10.1. The van der Waals surface area contributed by atoms with Crippen molar-refractivity contribution in [1.82, 2.24) is 4.90 Å². The van der Waals surface area contributed by atoms with E-state index in [9.17, 15) is 4.39 Å². The van der Waals surface area contributed by atoms with Crippen molar-refractivity contribution in [2.24, 2.45) is 0 Å². The van der Waals surface area contributed by atoms with Gasteiger partial charge in [0.1, 0.15) is 5.83 Å². The molecule has 2 heterocycles. The van der Waals surface area contributed by atoms with Gasteiger partial charge in [-0.3, -0.25) is 4.90 Å². The molecule has 0 aromatic rings. The van der Waals surface area contributed by atoms with Crippen LogP contribution in [0.3, 0.4) is 0 Å². The number of halogens is 1. The van der Waals surface area contributed by atoms with E-state index in [1.54, 1.807) is 6.08 Å². The lowest BCUT2D eigenvalue weighted by Crippen LogP contribution is -2.32. The van der Waals surface area contributed by atoms with E-state index in [1.807, 2.05) is 0 Å². The van der Waals surface area contributed by atoms with Crippen LogP contribution < -0.4 is 0 Å². The fourth-order valence-corrected chi connectivity index (χ4v) is 1.90. The van der Waals surface area contributed by atoms with Gasteiger partial charge in [0.25, 0.3) is 0 Å². The SMILES string of the molecule is FC1=CCCN(CC2=CCCOC2)C1. The second kappa shape index (κ2) is 4.71. The Balaban J connectivity index is 1.85. The third-order valence-corrected chi connectivity index (χ3v) is 2.60. The molecule has 0 bridgehead atoms. The predicted molar refractivity (Wildman–Crippen MR) is 53.8 cm³/mol. The van der Waals surface area contributed by atoms with Crippen LogP contribution in [0, 0.1) is 0 Å². The molecule has 2 rings (SSSR count). The molecule has 0 aromatic heterocycles. The molecule has 0 saturated carbocycles. The number of ether oxygens (including phenoxy) is 1. The summed E-state index contributed by atoms with van der Waals surface area (Å²) in [6.07, 6.45) is 5.74. The van der Waals surface area contributed by atoms with Gasteiger partial charge in [-0.1, -0.05) is 12.2 Å². The van der Waals surface area contributed by atoms with Gasteiger partial charge in [-0.05, 0) is 18.4 Å². The molecule has 0 radical (unpaired) electrons. The van der Waals surface area contributed by atoms with Crippen LogP contribution in [0.15, 0.2) is 23.6 Å². The van der Waals surface area contributed by atoms with Crippen molar-refractivity contribution in [1.29, 1.82) is 0 Å². The molecule has 78 valence electrons. The average molecular weight is 197 g/mol. The summed E-state index contributed by atoms with van der Waals surface area (Å²) in [5.41, 5.74) is 1.30. The quantitative estimate of drug-likeness (QED) is 0.627. The molecule has 0 fully saturated rings. The largest absolute Gasteiger partial charge is 0.377 e. The standard InChI is InChI=1S/C11H16FNO/c12-11-4-1-5-13(8-11)7-10-3-2-6-14-9-10/h3-4H,1-2,5-9H2. The zero-order valence-electron chi connectivity index (χ0n) is 8.34. The zero-order valence-corrected chi connectivity index (χ0v) is 8.34. The third-order valence-electron chi connectivity index (χ3n) is 2.60. The first-order valence-corrected chi connectivity index (χ1v) is 5.17. The predicted octanol–water partition coefficient (Wildman–Crippen LogP) is 1.89. The molecule has 0 amide bonds. The maximum absolute atomic E-state index is 13.0. The summed E-state index contributed by atoms with van der Waals surface area (Å²) in [5.74, 6) is 0.00794. The smallest absolute Gasteiger partial charge is 0.110 e. The summed E-state index contributed by atoms with van der Waals surface area (Å²) in [6.45, 7) is 3.85. The summed E-state index contributed by atoms with van der Waals surface area (Å²) in [5, 5.41) is 0. The van der Waals surface area contributed by atoms with Crippen LogP contribution >= 0.6 is 0 Å². The Bertz CT molecular complexity index is 260. The molecular weight excluding hydrogens is 181 g/mol. The number of rotatable bonds is 2. The summed E-state index contributed by atoms with van der Waals surface area (Å²) in [7, 11) is 0. The van der Waals surface area contributed by atoms with Gasteiger partial charge in [0.15, 0.2) is 0 Å². The van der Waals surface area contributed by atoms with Crippen molar-refractivity contribution in [2.45, 2.75) is 12.8 Å². The molecule has 2 aliphatic heterocycles. The van der Waals surface area contributed by atoms with Gasteiger partial charge in [0.2, 0.25) is 0 Å². The van der Waals surface area contributed by atoms with E-state index in [1.165, 1.54) is 5.57 Å². The van der Waals surface area contributed by atoms with Crippen LogP contribution in [0.2, 0.25) is 0 Å². The van der Waals surface area contributed by atoms with Crippen LogP contribution in [-0.4, -0.2) is 37.7 Å². The molecular formula is C11H16FNO. The maximum atomic E-state index is 13.0. The van der Waals surface area contributed by atoms with E-state index < -0.39 is 0 Å². The molecule has 0 unspecified atom stereocenters. The summed E-state index contributed by atoms with van der Waals surface area (Å²) in [4.78, 5) is 2.13. The highest BCUT2D eigenvalue weighted by atomic mass is 19.1. The van der Waals surface area contributed by atoms with Crippen molar-refractivity contribution in [3.63, 3.8) is 0 Å². The van der Waals surface area contributed by atoms with E-state index in [0.29, 0.717) is 6.54 Å². The molecule has 0 N–H and O–H groups in total. The highest BCUT2D eigenvalue weighted by molar-refractivity contribution is 5.09. The van der Waals surface area contributed by atoms with Gasteiger partial charge in [0.05, 0.1) is 19.8 Å². The lowest BCUT2D eigenvalue weighted by molar-refractivity contribution is 0.141. The van der Waals surface area contributed by atoms with Crippen LogP contribution in [-0.2, 0) is 4.74 Å². The van der Waals surface area contributed by atoms with Gasteiger partial charge in [-0.2, -0.15) is 0 Å². The molecule has 14 heavy (non-hydrogen) atoms. The van der Waals surface area contributed by atoms with E-state index in [-0.39, 0.29) is 5.83 Å². The Kier molecular flexibility index (Phi) is 3.32. The maximum Gasteiger partial charge on any atom is 0.110 e. The summed E-state index contributed by atoms with van der Waals surface area (Å²) in [6, 6.07) is 0. The number of nitrogens with zero attached hydrogens (tertiary/aromatic N) is 1. The lowest BCUT2D eigenvalue weighted by Gasteiger charge is -2.26. The summed E-state index contributed by atoms with van der Waals surface area (Å²) >= 11 is 0. The first-order chi connectivity index (χ1) is 6.84. The topological polar surface area (TPSA) is 12.5 Å². The minimum atomic E-state index is 0.00794. The Morgan fingerprint density at radius 1 is 1.36 bits per heavy atom. The first kappa shape index (κ1) is 9.87. The monoisotopic (exact) mass is 197 g/mol. The minimum absolute atomic E-state index is 0.00794. The Morgan fingerprint density at radius 2 is 2.29 bits per heavy atom. The Morgan fingerprint density at radius 3 is 3.00 bits per heavy atom. The number of hydrogen-bond acceptors (Lipinski definition) is 2. The normalized spacial score (nSPS) is 24.4. The first-order valence-electron chi connectivity index (χ1n) is 5.17. The van der Waals surface area contributed by atoms with Crippen molar-refractivity contribution in [2.75, 3.05) is 32.8 Å². The fourth-order valence-electron chi connectivity index (χ4n) is 1.90. The Labute approximate surface area is 84.0 Å². The fraction of sp³-hybridized carbons (Fsp3) is 0.636. The van der Waals surface area contributed by atoms with Crippen molar-refractivity contribution >= 4 is 0 Å². The van der Waals surface area contributed by atoms with E-state index in [0.717, 1.165) is 39.1 Å². The van der Waals surface area contributed by atoms with Gasteiger partial charge >= 0.3 is 0 Å². The average Bonchev–Trinajstić information content (AvgIpc) is 2.19. The highest BCUT2D eigenvalue weighted by Gasteiger charge is 2.14. The van der Waals surface area contributed by atoms with Crippen LogP contribution in [0.5, 0.6) is 0 Å². The van der Waals surface area contributed by atoms with Gasteiger partial charge in [0, 0.05) is 13.1 Å². The molecule has 3 heteroatoms.